The van der Waals surface area contributed by atoms with Crippen molar-refractivity contribution >= 4 is 0 Å². The molecular formula is C17H26F2N2. The minimum absolute atomic E-state index is 0.106. The molecule has 1 saturated heterocycles. The minimum atomic E-state index is -2.38. The molecule has 1 atom stereocenters. The van der Waals surface area contributed by atoms with Gasteiger partial charge in [-0.3, -0.25) is 4.90 Å². The Labute approximate surface area is 126 Å². The molecule has 21 heavy (non-hydrogen) atoms. The quantitative estimate of drug-likeness (QED) is 0.819. The smallest absolute Gasteiger partial charge is 0.263 e. The lowest BCUT2D eigenvalue weighted by molar-refractivity contribution is 0.151. The van der Waals surface area contributed by atoms with Crippen molar-refractivity contribution in [3.8, 4) is 0 Å². The van der Waals surface area contributed by atoms with Crippen molar-refractivity contribution < 1.29 is 8.78 Å². The first kappa shape index (κ1) is 16.4. The van der Waals surface area contributed by atoms with Gasteiger partial charge in [0.15, 0.2) is 0 Å². The first-order valence-corrected chi connectivity index (χ1v) is 8.01. The molecule has 1 heterocycles. The molecule has 118 valence electrons. The van der Waals surface area contributed by atoms with Gasteiger partial charge >= 0.3 is 0 Å². The fourth-order valence-corrected chi connectivity index (χ4v) is 2.97. The predicted octanol–water partition coefficient (Wildman–Crippen LogP) is 3.98. The standard InChI is InChI=1S/C17H26F2N2/c1-2-11-21(13-16-5-3-4-10-20-16)12-14-6-8-15(9-7-14)17(18)19/h6-9,16-17,20H,2-5,10-13H2,1H3. The minimum Gasteiger partial charge on any atom is -0.313 e. The van der Waals surface area contributed by atoms with Crippen molar-refractivity contribution in [1.29, 1.82) is 0 Å². The van der Waals surface area contributed by atoms with Crippen LogP contribution in [0.5, 0.6) is 0 Å². The van der Waals surface area contributed by atoms with Crippen LogP contribution < -0.4 is 5.32 Å². The molecule has 2 rings (SSSR count). The number of halogens is 2. The van der Waals surface area contributed by atoms with Gasteiger partial charge < -0.3 is 5.32 Å². The van der Waals surface area contributed by atoms with Crippen LogP contribution in [0.1, 0.15) is 50.2 Å². The Morgan fingerprint density at radius 3 is 2.57 bits per heavy atom. The molecule has 1 fully saturated rings. The Morgan fingerprint density at radius 1 is 1.24 bits per heavy atom. The third kappa shape index (κ3) is 5.36. The second-order valence-corrected chi connectivity index (χ2v) is 5.92. The highest BCUT2D eigenvalue weighted by molar-refractivity contribution is 5.23. The molecule has 0 bridgehead atoms. The summed E-state index contributed by atoms with van der Waals surface area (Å²) in [5.41, 5.74) is 1.22. The van der Waals surface area contributed by atoms with E-state index in [4.69, 9.17) is 0 Å². The fourth-order valence-electron chi connectivity index (χ4n) is 2.97. The van der Waals surface area contributed by atoms with Crippen LogP contribution in [0.25, 0.3) is 0 Å². The number of rotatable bonds is 7. The molecule has 1 aliphatic heterocycles. The predicted molar refractivity (Wildman–Crippen MR) is 82.6 cm³/mol. The number of piperidine rings is 1. The van der Waals surface area contributed by atoms with E-state index in [0.717, 1.165) is 38.2 Å². The highest BCUT2D eigenvalue weighted by Crippen LogP contribution is 2.19. The molecule has 0 amide bonds. The first-order valence-electron chi connectivity index (χ1n) is 8.01. The molecule has 0 saturated carbocycles. The normalized spacial score (nSPS) is 19.4. The Balaban J connectivity index is 1.91. The van der Waals surface area contributed by atoms with Crippen molar-refractivity contribution in [2.75, 3.05) is 19.6 Å². The molecule has 1 aromatic rings. The van der Waals surface area contributed by atoms with Crippen molar-refractivity contribution in [2.45, 2.75) is 51.6 Å². The number of benzene rings is 1. The molecule has 2 nitrogen and oxygen atoms in total. The van der Waals surface area contributed by atoms with Gasteiger partial charge in [0, 0.05) is 24.7 Å². The maximum Gasteiger partial charge on any atom is 0.263 e. The summed E-state index contributed by atoms with van der Waals surface area (Å²) < 4.78 is 25.1. The maximum atomic E-state index is 12.6. The SMILES string of the molecule is CCCN(Cc1ccc(C(F)F)cc1)CC1CCCCN1. The van der Waals surface area contributed by atoms with Crippen molar-refractivity contribution in [1.82, 2.24) is 10.2 Å². The van der Waals surface area contributed by atoms with Gasteiger partial charge in [0.05, 0.1) is 0 Å². The van der Waals surface area contributed by atoms with Crippen LogP contribution in [-0.2, 0) is 6.54 Å². The number of hydrogen-bond acceptors (Lipinski definition) is 2. The average molecular weight is 296 g/mol. The van der Waals surface area contributed by atoms with Crippen LogP contribution in [0, 0.1) is 0 Å². The summed E-state index contributed by atoms with van der Waals surface area (Å²) >= 11 is 0. The lowest BCUT2D eigenvalue weighted by atomic mass is 10.0. The van der Waals surface area contributed by atoms with E-state index < -0.39 is 6.43 Å². The lowest BCUT2D eigenvalue weighted by Gasteiger charge is -2.30. The monoisotopic (exact) mass is 296 g/mol. The molecule has 0 spiro atoms. The zero-order valence-corrected chi connectivity index (χ0v) is 12.8. The van der Waals surface area contributed by atoms with Gasteiger partial charge in [-0.15, -0.1) is 0 Å². The molecule has 1 aliphatic rings. The van der Waals surface area contributed by atoms with E-state index >= 15 is 0 Å². The Hall–Kier alpha value is -1.00. The van der Waals surface area contributed by atoms with E-state index in [0.29, 0.717) is 6.04 Å². The van der Waals surface area contributed by atoms with Crippen molar-refractivity contribution in [2.24, 2.45) is 0 Å². The highest BCUT2D eigenvalue weighted by atomic mass is 19.3. The summed E-state index contributed by atoms with van der Waals surface area (Å²) in [6, 6.07) is 7.33. The van der Waals surface area contributed by atoms with Crippen LogP contribution >= 0.6 is 0 Å². The van der Waals surface area contributed by atoms with E-state index in [-0.39, 0.29) is 5.56 Å². The van der Waals surface area contributed by atoms with Gasteiger partial charge in [-0.25, -0.2) is 8.78 Å². The molecule has 0 aliphatic carbocycles. The Bertz CT molecular complexity index is 400. The molecule has 1 N–H and O–H groups in total. The van der Waals surface area contributed by atoms with Crippen LogP contribution in [0.2, 0.25) is 0 Å². The molecule has 1 unspecified atom stereocenters. The zero-order chi connectivity index (χ0) is 15.1. The summed E-state index contributed by atoms with van der Waals surface area (Å²) in [5.74, 6) is 0. The number of nitrogens with one attached hydrogen (secondary N) is 1. The Kier molecular flexibility index (Phi) is 6.58. The van der Waals surface area contributed by atoms with Crippen LogP contribution in [-0.4, -0.2) is 30.6 Å². The van der Waals surface area contributed by atoms with E-state index in [1.54, 1.807) is 12.1 Å². The number of alkyl halides is 2. The zero-order valence-electron chi connectivity index (χ0n) is 12.8. The Morgan fingerprint density at radius 2 is 2.00 bits per heavy atom. The lowest BCUT2D eigenvalue weighted by Crippen LogP contribution is -2.43. The van der Waals surface area contributed by atoms with Crippen molar-refractivity contribution in [3.63, 3.8) is 0 Å². The van der Waals surface area contributed by atoms with E-state index in [1.165, 1.54) is 19.3 Å². The molecule has 1 aromatic carbocycles. The van der Waals surface area contributed by atoms with Crippen LogP contribution in [0.3, 0.4) is 0 Å². The third-order valence-corrected chi connectivity index (χ3v) is 4.07. The number of hydrogen-bond donors (Lipinski definition) is 1. The van der Waals surface area contributed by atoms with Crippen molar-refractivity contribution in [3.05, 3.63) is 35.4 Å². The average Bonchev–Trinajstić information content (AvgIpc) is 2.49. The second kappa shape index (κ2) is 8.44. The molecule has 4 heteroatoms. The van der Waals surface area contributed by atoms with E-state index in [9.17, 15) is 8.78 Å². The van der Waals surface area contributed by atoms with Gasteiger partial charge in [0.1, 0.15) is 0 Å². The van der Waals surface area contributed by atoms with Gasteiger partial charge in [-0.2, -0.15) is 0 Å². The molecule has 0 radical (unpaired) electrons. The second-order valence-electron chi connectivity index (χ2n) is 5.92. The summed E-state index contributed by atoms with van der Waals surface area (Å²) in [6.45, 7) is 6.24. The molecule has 0 aromatic heterocycles. The highest BCUT2D eigenvalue weighted by Gasteiger charge is 2.16. The maximum absolute atomic E-state index is 12.6. The van der Waals surface area contributed by atoms with E-state index in [2.05, 4.69) is 17.1 Å². The van der Waals surface area contributed by atoms with E-state index in [1.807, 2.05) is 12.1 Å². The third-order valence-electron chi connectivity index (χ3n) is 4.07. The fraction of sp³-hybridized carbons (Fsp3) is 0.647. The van der Waals surface area contributed by atoms with Crippen LogP contribution in [0.15, 0.2) is 24.3 Å². The van der Waals surface area contributed by atoms with Gasteiger partial charge in [-0.05, 0) is 37.9 Å². The van der Waals surface area contributed by atoms with Gasteiger partial charge in [0.2, 0.25) is 0 Å². The van der Waals surface area contributed by atoms with Gasteiger partial charge in [0.25, 0.3) is 6.43 Å². The summed E-state index contributed by atoms with van der Waals surface area (Å²) in [4.78, 5) is 2.43. The summed E-state index contributed by atoms with van der Waals surface area (Å²) in [5, 5.41) is 3.58. The number of nitrogens with zero attached hydrogens (tertiary/aromatic N) is 1. The molecular weight excluding hydrogens is 270 g/mol. The summed E-state index contributed by atoms with van der Waals surface area (Å²) in [7, 11) is 0. The summed E-state index contributed by atoms with van der Waals surface area (Å²) in [6.07, 6.45) is 2.56. The largest absolute Gasteiger partial charge is 0.313 e. The topological polar surface area (TPSA) is 15.3 Å². The van der Waals surface area contributed by atoms with Gasteiger partial charge in [-0.1, -0.05) is 37.6 Å². The van der Waals surface area contributed by atoms with Crippen LogP contribution in [0.4, 0.5) is 8.78 Å². The first-order chi connectivity index (χ1) is 10.2.